The van der Waals surface area contributed by atoms with Gasteiger partial charge >= 0.3 is 0 Å². The van der Waals surface area contributed by atoms with Crippen molar-refractivity contribution in [1.82, 2.24) is 15.0 Å². The van der Waals surface area contributed by atoms with E-state index in [-0.39, 0.29) is 12.6 Å². The average molecular weight is 298 g/mol. The van der Waals surface area contributed by atoms with Crippen molar-refractivity contribution in [2.75, 3.05) is 56.5 Å². The molecule has 1 rings (SSSR count). The third-order valence-corrected chi connectivity index (χ3v) is 2.74. The number of aliphatic hydroxyl groups excluding tert-OH is 1. The molecule has 0 bridgehead atoms. The summed E-state index contributed by atoms with van der Waals surface area (Å²) >= 11 is 0. The van der Waals surface area contributed by atoms with E-state index in [0.29, 0.717) is 30.9 Å². The topological polar surface area (TPSA) is 95.4 Å². The minimum atomic E-state index is -0.0450. The zero-order valence-electron chi connectivity index (χ0n) is 13.3. The first-order valence-corrected chi connectivity index (χ1v) is 7.14. The number of anilines is 3. The Morgan fingerprint density at radius 1 is 1.24 bits per heavy atom. The summed E-state index contributed by atoms with van der Waals surface area (Å²) in [4.78, 5) is 14.9. The summed E-state index contributed by atoms with van der Waals surface area (Å²) in [6, 6.07) is -0.0450. The van der Waals surface area contributed by atoms with Crippen molar-refractivity contribution in [2.24, 2.45) is 0 Å². The van der Waals surface area contributed by atoms with E-state index in [0.717, 1.165) is 13.0 Å². The van der Waals surface area contributed by atoms with Gasteiger partial charge in [0.25, 0.3) is 0 Å². The minimum Gasteiger partial charge on any atom is -0.396 e. The third kappa shape index (κ3) is 6.09. The van der Waals surface area contributed by atoms with Crippen LogP contribution in [0.15, 0.2) is 0 Å². The second kappa shape index (κ2) is 9.30. The van der Waals surface area contributed by atoms with Crippen LogP contribution < -0.4 is 15.5 Å². The molecule has 1 atom stereocenters. The maximum atomic E-state index is 9.09. The molecule has 0 saturated heterocycles. The molecule has 120 valence electrons. The van der Waals surface area contributed by atoms with Crippen LogP contribution in [0.25, 0.3) is 0 Å². The van der Waals surface area contributed by atoms with Crippen LogP contribution in [0.3, 0.4) is 0 Å². The van der Waals surface area contributed by atoms with Gasteiger partial charge in [0.1, 0.15) is 0 Å². The van der Waals surface area contributed by atoms with E-state index in [1.807, 2.05) is 19.0 Å². The highest BCUT2D eigenvalue weighted by molar-refractivity contribution is 5.43. The maximum Gasteiger partial charge on any atom is 0.231 e. The van der Waals surface area contributed by atoms with Gasteiger partial charge in [0, 0.05) is 34.4 Å². The fourth-order valence-corrected chi connectivity index (χ4v) is 1.68. The lowest BCUT2D eigenvalue weighted by molar-refractivity contribution is 0.170. The minimum absolute atomic E-state index is 0.0450. The predicted molar refractivity (Wildman–Crippen MR) is 83.9 cm³/mol. The van der Waals surface area contributed by atoms with E-state index in [2.05, 4.69) is 32.5 Å². The lowest BCUT2D eigenvalue weighted by Crippen LogP contribution is -2.28. The number of aromatic nitrogens is 3. The predicted octanol–water partition coefficient (Wildman–Crippen LogP) is 0.569. The van der Waals surface area contributed by atoms with Gasteiger partial charge in [-0.2, -0.15) is 15.0 Å². The first kappa shape index (κ1) is 17.4. The fourth-order valence-electron chi connectivity index (χ4n) is 1.68. The number of methoxy groups -OCH3 is 1. The second-order valence-electron chi connectivity index (χ2n) is 4.91. The van der Waals surface area contributed by atoms with Crippen molar-refractivity contribution >= 4 is 17.8 Å². The number of aliphatic hydroxyl groups is 1. The van der Waals surface area contributed by atoms with Crippen LogP contribution in [0.5, 0.6) is 0 Å². The molecule has 0 aliphatic heterocycles. The highest BCUT2D eigenvalue weighted by Crippen LogP contribution is 2.13. The Morgan fingerprint density at radius 2 is 1.95 bits per heavy atom. The Labute approximate surface area is 126 Å². The van der Waals surface area contributed by atoms with Gasteiger partial charge < -0.3 is 25.4 Å². The van der Waals surface area contributed by atoms with Gasteiger partial charge in [-0.1, -0.05) is 6.92 Å². The summed E-state index contributed by atoms with van der Waals surface area (Å²) in [6.45, 7) is 3.43. The molecule has 0 fully saturated rings. The molecule has 0 aromatic carbocycles. The molecule has 0 saturated carbocycles. The number of ether oxygens (including phenoxy) is 1. The Hall–Kier alpha value is -1.67. The first-order chi connectivity index (χ1) is 10.1. The smallest absolute Gasteiger partial charge is 0.231 e. The molecule has 8 heteroatoms. The third-order valence-electron chi connectivity index (χ3n) is 2.74. The summed E-state index contributed by atoms with van der Waals surface area (Å²) in [7, 11) is 5.38. The van der Waals surface area contributed by atoms with Crippen molar-refractivity contribution in [1.29, 1.82) is 0 Å². The fraction of sp³-hybridized carbons (Fsp3) is 0.769. The van der Waals surface area contributed by atoms with E-state index in [9.17, 15) is 0 Å². The van der Waals surface area contributed by atoms with Crippen molar-refractivity contribution in [2.45, 2.75) is 25.8 Å². The van der Waals surface area contributed by atoms with Crippen LogP contribution in [0.2, 0.25) is 0 Å². The van der Waals surface area contributed by atoms with E-state index in [4.69, 9.17) is 9.84 Å². The van der Waals surface area contributed by atoms with Gasteiger partial charge in [-0.15, -0.1) is 0 Å². The Balaban J connectivity index is 2.89. The van der Waals surface area contributed by atoms with Gasteiger partial charge in [-0.25, -0.2) is 0 Å². The summed E-state index contributed by atoms with van der Waals surface area (Å²) in [5.41, 5.74) is 0. The van der Waals surface area contributed by atoms with Crippen molar-refractivity contribution in [3.63, 3.8) is 0 Å². The van der Waals surface area contributed by atoms with Crippen LogP contribution in [0.4, 0.5) is 17.8 Å². The molecule has 0 radical (unpaired) electrons. The van der Waals surface area contributed by atoms with Crippen LogP contribution in [0.1, 0.15) is 19.8 Å². The average Bonchev–Trinajstić information content (AvgIpc) is 2.45. The van der Waals surface area contributed by atoms with Gasteiger partial charge in [0.2, 0.25) is 17.8 Å². The number of nitrogens with one attached hydrogen (secondary N) is 2. The molecule has 21 heavy (non-hydrogen) atoms. The number of hydrogen-bond donors (Lipinski definition) is 3. The van der Waals surface area contributed by atoms with Crippen LogP contribution >= 0.6 is 0 Å². The van der Waals surface area contributed by atoms with Gasteiger partial charge in [-0.3, -0.25) is 0 Å². The van der Waals surface area contributed by atoms with Crippen molar-refractivity contribution in [3.05, 3.63) is 0 Å². The molecule has 1 heterocycles. The van der Waals surface area contributed by atoms with Crippen LogP contribution in [-0.2, 0) is 4.74 Å². The Kier molecular flexibility index (Phi) is 7.70. The number of nitrogens with zero attached hydrogens (tertiary/aromatic N) is 4. The number of hydrogen-bond acceptors (Lipinski definition) is 8. The zero-order valence-corrected chi connectivity index (χ0v) is 13.3. The molecule has 1 unspecified atom stereocenters. The van der Waals surface area contributed by atoms with E-state index < -0.39 is 0 Å². The SMILES string of the molecule is CCCNc1nc(NC(CCO)COC)nc(N(C)C)n1. The van der Waals surface area contributed by atoms with Crippen molar-refractivity contribution in [3.8, 4) is 0 Å². The molecule has 0 aliphatic carbocycles. The largest absolute Gasteiger partial charge is 0.396 e. The standard InChI is InChI=1S/C13H26N6O2/c1-5-7-14-11-16-12(18-13(17-11)19(2)3)15-10(6-8-20)9-21-4/h10,20H,5-9H2,1-4H3,(H2,14,15,16,17,18). The molecular weight excluding hydrogens is 272 g/mol. The van der Waals surface area contributed by atoms with Gasteiger partial charge in [0.15, 0.2) is 0 Å². The Bertz CT molecular complexity index is 410. The highest BCUT2D eigenvalue weighted by atomic mass is 16.5. The second-order valence-corrected chi connectivity index (χ2v) is 4.91. The highest BCUT2D eigenvalue weighted by Gasteiger charge is 2.13. The molecule has 1 aromatic heterocycles. The zero-order chi connectivity index (χ0) is 15.7. The molecule has 0 spiro atoms. The lowest BCUT2D eigenvalue weighted by Gasteiger charge is -2.19. The van der Waals surface area contributed by atoms with Crippen LogP contribution in [0, 0.1) is 0 Å². The van der Waals surface area contributed by atoms with Gasteiger partial charge in [-0.05, 0) is 12.8 Å². The van der Waals surface area contributed by atoms with E-state index >= 15 is 0 Å². The molecule has 0 amide bonds. The van der Waals surface area contributed by atoms with E-state index in [1.165, 1.54) is 0 Å². The summed E-state index contributed by atoms with van der Waals surface area (Å²) in [6.07, 6.45) is 1.55. The van der Waals surface area contributed by atoms with Crippen molar-refractivity contribution < 1.29 is 9.84 Å². The summed E-state index contributed by atoms with van der Waals surface area (Å²) in [5.74, 6) is 1.59. The lowest BCUT2D eigenvalue weighted by atomic mass is 10.2. The monoisotopic (exact) mass is 298 g/mol. The van der Waals surface area contributed by atoms with Crippen LogP contribution in [-0.4, -0.2) is 67.1 Å². The molecular formula is C13H26N6O2. The maximum absolute atomic E-state index is 9.09. The molecule has 3 N–H and O–H groups in total. The molecule has 8 nitrogen and oxygen atoms in total. The summed E-state index contributed by atoms with van der Waals surface area (Å²) in [5, 5.41) is 15.4. The van der Waals surface area contributed by atoms with E-state index in [1.54, 1.807) is 7.11 Å². The molecule has 1 aromatic rings. The molecule has 0 aliphatic rings. The normalized spacial score (nSPS) is 12.0. The Morgan fingerprint density at radius 3 is 2.52 bits per heavy atom. The summed E-state index contributed by atoms with van der Waals surface area (Å²) < 4.78 is 5.13. The first-order valence-electron chi connectivity index (χ1n) is 7.14. The van der Waals surface area contributed by atoms with Gasteiger partial charge in [0.05, 0.1) is 12.6 Å². The quantitative estimate of drug-likeness (QED) is 0.577. The number of rotatable bonds is 10.